The summed E-state index contributed by atoms with van der Waals surface area (Å²) < 4.78 is 41.0. The molecule has 0 atom stereocenters. The number of nitrogen functional groups attached to an aromatic ring is 1. The van der Waals surface area contributed by atoms with E-state index in [1.807, 2.05) is 0 Å². The number of halogens is 1. The van der Waals surface area contributed by atoms with Gasteiger partial charge in [-0.15, -0.1) is 0 Å². The SMILES string of the molecule is Cc1cc(F)cc(NS(=O)(=O)c2cn(C)nc2N)c1. The normalized spacial score (nSPS) is 11.5. The fourth-order valence-corrected chi connectivity index (χ4v) is 2.84. The second-order valence-corrected chi connectivity index (χ2v) is 5.83. The van der Waals surface area contributed by atoms with Gasteiger partial charge in [0.05, 0.1) is 5.69 Å². The highest BCUT2D eigenvalue weighted by atomic mass is 32.2. The van der Waals surface area contributed by atoms with Crippen molar-refractivity contribution in [2.24, 2.45) is 7.05 Å². The van der Waals surface area contributed by atoms with Gasteiger partial charge in [0, 0.05) is 13.2 Å². The van der Waals surface area contributed by atoms with Crippen LogP contribution in [0.1, 0.15) is 5.56 Å². The van der Waals surface area contributed by atoms with E-state index in [2.05, 4.69) is 9.82 Å². The largest absolute Gasteiger partial charge is 0.381 e. The standard InChI is InChI=1S/C11H13FN4O2S/c1-7-3-8(12)5-9(4-7)15-19(17,18)10-6-16(2)14-11(10)13/h3-6,15H,1-2H3,(H2,13,14). The number of aryl methyl sites for hydroxylation is 2. The van der Waals surface area contributed by atoms with Crippen LogP contribution in [0.25, 0.3) is 0 Å². The van der Waals surface area contributed by atoms with Crippen LogP contribution in [0.5, 0.6) is 0 Å². The molecule has 6 nitrogen and oxygen atoms in total. The van der Waals surface area contributed by atoms with E-state index in [1.165, 1.54) is 23.0 Å². The molecule has 0 aliphatic heterocycles. The zero-order chi connectivity index (χ0) is 14.2. The smallest absolute Gasteiger partial charge is 0.267 e. The van der Waals surface area contributed by atoms with Crippen LogP contribution in [0.4, 0.5) is 15.9 Å². The van der Waals surface area contributed by atoms with E-state index >= 15 is 0 Å². The number of aromatic nitrogens is 2. The molecule has 8 heteroatoms. The fraction of sp³-hybridized carbons (Fsp3) is 0.182. The number of benzene rings is 1. The van der Waals surface area contributed by atoms with Crippen LogP contribution < -0.4 is 10.5 Å². The molecule has 0 aliphatic rings. The van der Waals surface area contributed by atoms with Crippen molar-refractivity contribution in [3.05, 3.63) is 35.8 Å². The van der Waals surface area contributed by atoms with Crippen LogP contribution in [0.2, 0.25) is 0 Å². The summed E-state index contributed by atoms with van der Waals surface area (Å²) >= 11 is 0. The summed E-state index contributed by atoms with van der Waals surface area (Å²) in [5, 5.41) is 3.76. The predicted octanol–water partition coefficient (Wildman–Crippen LogP) is 1.25. The first-order chi connectivity index (χ1) is 8.78. The predicted molar refractivity (Wildman–Crippen MR) is 69.6 cm³/mol. The molecule has 0 amide bonds. The maximum atomic E-state index is 13.2. The number of nitrogens with two attached hydrogens (primary N) is 1. The third kappa shape index (κ3) is 2.84. The Kier molecular flexibility index (Phi) is 3.19. The average molecular weight is 284 g/mol. The van der Waals surface area contributed by atoms with Gasteiger partial charge in [-0.1, -0.05) is 0 Å². The first kappa shape index (κ1) is 13.3. The summed E-state index contributed by atoms with van der Waals surface area (Å²) in [6, 6.07) is 3.92. The molecule has 19 heavy (non-hydrogen) atoms. The Bertz CT molecular complexity index is 704. The molecule has 0 aliphatic carbocycles. The van der Waals surface area contributed by atoms with Crippen molar-refractivity contribution in [1.82, 2.24) is 9.78 Å². The average Bonchev–Trinajstić information content (AvgIpc) is 2.56. The van der Waals surface area contributed by atoms with E-state index in [0.717, 1.165) is 6.07 Å². The lowest BCUT2D eigenvalue weighted by Gasteiger charge is -2.07. The minimum atomic E-state index is -3.88. The lowest BCUT2D eigenvalue weighted by molar-refractivity contribution is 0.601. The van der Waals surface area contributed by atoms with Gasteiger partial charge in [0.15, 0.2) is 5.82 Å². The number of anilines is 2. The van der Waals surface area contributed by atoms with Crippen molar-refractivity contribution < 1.29 is 12.8 Å². The molecule has 0 fully saturated rings. The third-order valence-corrected chi connectivity index (χ3v) is 3.80. The summed E-state index contributed by atoms with van der Waals surface area (Å²) in [5.41, 5.74) is 6.26. The van der Waals surface area contributed by atoms with E-state index in [1.54, 1.807) is 14.0 Å². The van der Waals surface area contributed by atoms with Gasteiger partial charge >= 0.3 is 0 Å². The Balaban J connectivity index is 2.39. The number of nitrogens with zero attached hydrogens (tertiary/aromatic N) is 2. The van der Waals surface area contributed by atoms with E-state index in [-0.39, 0.29) is 16.4 Å². The Labute approximate surface area is 110 Å². The van der Waals surface area contributed by atoms with Gasteiger partial charge in [-0.25, -0.2) is 12.8 Å². The highest BCUT2D eigenvalue weighted by Crippen LogP contribution is 2.21. The van der Waals surface area contributed by atoms with Crippen LogP contribution in [0.15, 0.2) is 29.3 Å². The maximum Gasteiger partial charge on any atom is 0.267 e. The molecule has 2 aromatic rings. The van der Waals surface area contributed by atoms with Gasteiger partial charge in [-0.2, -0.15) is 5.10 Å². The zero-order valence-corrected chi connectivity index (χ0v) is 11.2. The third-order valence-electron chi connectivity index (χ3n) is 2.41. The Morgan fingerprint density at radius 1 is 1.37 bits per heavy atom. The minimum absolute atomic E-state index is 0.108. The van der Waals surface area contributed by atoms with Crippen LogP contribution in [-0.2, 0) is 17.1 Å². The summed E-state index contributed by atoms with van der Waals surface area (Å²) in [6.45, 7) is 1.67. The number of hydrogen-bond donors (Lipinski definition) is 2. The van der Waals surface area contributed by atoms with Crippen molar-refractivity contribution in [3.63, 3.8) is 0 Å². The second-order valence-electron chi connectivity index (χ2n) is 4.18. The number of nitrogens with one attached hydrogen (secondary N) is 1. The Morgan fingerprint density at radius 2 is 2.05 bits per heavy atom. The van der Waals surface area contributed by atoms with E-state index in [9.17, 15) is 12.8 Å². The van der Waals surface area contributed by atoms with E-state index < -0.39 is 15.8 Å². The lowest BCUT2D eigenvalue weighted by atomic mass is 10.2. The van der Waals surface area contributed by atoms with Crippen molar-refractivity contribution >= 4 is 21.5 Å². The molecule has 0 saturated carbocycles. The minimum Gasteiger partial charge on any atom is -0.381 e. The molecular weight excluding hydrogens is 271 g/mol. The van der Waals surface area contributed by atoms with Gasteiger partial charge in [0.1, 0.15) is 10.7 Å². The summed E-state index contributed by atoms with van der Waals surface area (Å²) in [7, 11) is -2.32. The highest BCUT2D eigenvalue weighted by molar-refractivity contribution is 7.92. The molecule has 1 aromatic carbocycles. The molecule has 102 valence electrons. The zero-order valence-electron chi connectivity index (χ0n) is 10.4. The van der Waals surface area contributed by atoms with Gasteiger partial charge in [-0.05, 0) is 30.7 Å². The molecule has 2 rings (SSSR count). The van der Waals surface area contributed by atoms with Crippen LogP contribution in [0.3, 0.4) is 0 Å². The quantitative estimate of drug-likeness (QED) is 0.887. The molecule has 0 saturated heterocycles. The van der Waals surface area contributed by atoms with Crippen molar-refractivity contribution in [3.8, 4) is 0 Å². The summed E-state index contributed by atoms with van der Waals surface area (Å²) in [5.74, 6) is -0.625. The number of sulfonamides is 1. The Hall–Kier alpha value is -2.09. The van der Waals surface area contributed by atoms with Crippen molar-refractivity contribution in [2.75, 3.05) is 10.5 Å². The highest BCUT2D eigenvalue weighted by Gasteiger charge is 2.21. The van der Waals surface area contributed by atoms with Crippen LogP contribution >= 0.6 is 0 Å². The number of rotatable bonds is 3. The van der Waals surface area contributed by atoms with E-state index in [0.29, 0.717) is 5.56 Å². The van der Waals surface area contributed by atoms with Gasteiger partial charge in [0.25, 0.3) is 10.0 Å². The van der Waals surface area contributed by atoms with Crippen molar-refractivity contribution in [2.45, 2.75) is 11.8 Å². The van der Waals surface area contributed by atoms with Crippen molar-refractivity contribution in [1.29, 1.82) is 0 Å². The molecular formula is C11H13FN4O2S. The fourth-order valence-electron chi connectivity index (χ4n) is 1.70. The topological polar surface area (TPSA) is 90.0 Å². The molecule has 0 bridgehead atoms. The second kappa shape index (κ2) is 4.54. The maximum absolute atomic E-state index is 13.2. The Morgan fingerprint density at radius 3 is 2.58 bits per heavy atom. The first-order valence-corrected chi connectivity index (χ1v) is 6.85. The monoisotopic (exact) mass is 284 g/mol. The van der Waals surface area contributed by atoms with Gasteiger partial charge in [0.2, 0.25) is 0 Å². The lowest BCUT2D eigenvalue weighted by Crippen LogP contribution is -2.14. The first-order valence-electron chi connectivity index (χ1n) is 5.37. The molecule has 0 unspecified atom stereocenters. The van der Waals surface area contributed by atoms with Gasteiger partial charge in [-0.3, -0.25) is 9.40 Å². The molecule has 3 N–H and O–H groups in total. The van der Waals surface area contributed by atoms with Crippen LogP contribution in [0, 0.1) is 12.7 Å². The number of hydrogen-bond acceptors (Lipinski definition) is 4. The molecule has 1 aromatic heterocycles. The summed E-state index contributed by atoms with van der Waals surface area (Å²) in [6.07, 6.45) is 1.28. The molecule has 1 heterocycles. The van der Waals surface area contributed by atoms with E-state index in [4.69, 9.17) is 5.73 Å². The van der Waals surface area contributed by atoms with Crippen LogP contribution in [-0.4, -0.2) is 18.2 Å². The summed E-state index contributed by atoms with van der Waals surface area (Å²) in [4.78, 5) is -0.142. The molecule has 0 radical (unpaired) electrons. The molecule has 0 spiro atoms. The van der Waals surface area contributed by atoms with Gasteiger partial charge < -0.3 is 5.73 Å².